The van der Waals surface area contributed by atoms with Crippen LogP contribution >= 0.6 is 11.8 Å². The van der Waals surface area contributed by atoms with Crippen molar-refractivity contribution in [1.82, 2.24) is 0 Å². The lowest BCUT2D eigenvalue weighted by Crippen LogP contribution is -2.17. The molecule has 0 saturated heterocycles. The van der Waals surface area contributed by atoms with Crippen molar-refractivity contribution >= 4 is 11.8 Å². The highest BCUT2D eigenvalue weighted by Crippen LogP contribution is 2.25. The summed E-state index contributed by atoms with van der Waals surface area (Å²) in [6, 6.07) is 2.14. The number of hydrogen-bond donors (Lipinski definition) is 0. The second-order valence-electron chi connectivity index (χ2n) is 1.71. The molecule has 1 aliphatic rings. The highest BCUT2D eigenvalue weighted by molar-refractivity contribution is 8.03. The maximum absolute atomic E-state index is 8.48. The van der Waals surface area contributed by atoms with Gasteiger partial charge in [-0.05, 0) is 11.5 Å². The highest BCUT2D eigenvalue weighted by Gasteiger charge is 2.21. The molecule has 2 unspecified atom stereocenters. The first-order valence-electron chi connectivity index (χ1n) is 2.63. The van der Waals surface area contributed by atoms with Gasteiger partial charge >= 0.3 is 0 Å². The minimum Gasteiger partial charge on any atom is -0.375 e. The molecule has 0 radical (unpaired) electrons. The Morgan fingerprint density at radius 2 is 2.56 bits per heavy atom. The Kier molecular flexibility index (Phi) is 2.15. The van der Waals surface area contributed by atoms with Crippen LogP contribution in [0.1, 0.15) is 0 Å². The van der Waals surface area contributed by atoms with Crippen LogP contribution in [0, 0.1) is 11.3 Å². The molecule has 0 amide bonds. The summed E-state index contributed by atoms with van der Waals surface area (Å²) in [5.41, 5.74) is 0. The van der Waals surface area contributed by atoms with Crippen molar-refractivity contribution in [3.63, 3.8) is 0 Å². The Morgan fingerprint density at radius 1 is 1.78 bits per heavy atom. The van der Waals surface area contributed by atoms with E-state index >= 15 is 0 Å². The van der Waals surface area contributed by atoms with Crippen LogP contribution < -0.4 is 0 Å². The van der Waals surface area contributed by atoms with E-state index in [1.807, 2.05) is 11.5 Å². The zero-order valence-corrected chi connectivity index (χ0v) is 5.89. The Hall–Kier alpha value is -0.460. The largest absolute Gasteiger partial charge is 0.375 e. The van der Waals surface area contributed by atoms with Gasteiger partial charge in [0.25, 0.3) is 0 Å². The minimum atomic E-state index is -0.0324. The molecule has 0 N–H and O–H groups in total. The van der Waals surface area contributed by atoms with Crippen LogP contribution in [0.25, 0.3) is 0 Å². The Labute approximate surface area is 58.5 Å². The van der Waals surface area contributed by atoms with Crippen molar-refractivity contribution in [2.75, 3.05) is 7.11 Å². The molecule has 0 saturated carbocycles. The fraction of sp³-hybridized carbons (Fsp3) is 0.500. The van der Waals surface area contributed by atoms with Crippen molar-refractivity contribution in [3.05, 3.63) is 11.5 Å². The molecule has 9 heavy (non-hydrogen) atoms. The molecule has 0 aromatic rings. The van der Waals surface area contributed by atoms with Gasteiger partial charge in [0.05, 0.1) is 6.07 Å². The third kappa shape index (κ3) is 1.26. The molecule has 1 heterocycles. The molecule has 48 valence electrons. The van der Waals surface area contributed by atoms with E-state index in [9.17, 15) is 0 Å². The van der Waals surface area contributed by atoms with E-state index in [4.69, 9.17) is 10.00 Å². The lowest BCUT2D eigenvalue weighted by Gasteiger charge is -2.07. The molecule has 0 aliphatic carbocycles. The Bertz CT molecular complexity index is 161. The van der Waals surface area contributed by atoms with Gasteiger partial charge in [-0.15, -0.1) is 11.8 Å². The van der Waals surface area contributed by atoms with Crippen LogP contribution in [0.4, 0.5) is 0 Å². The SMILES string of the molecule is COC1C=CSC1C#N. The number of methoxy groups -OCH3 is 1. The second kappa shape index (κ2) is 2.90. The first-order valence-corrected chi connectivity index (χ1v) is 3.57. The van der Waals surface area contributed by atoms with Crippen molar-refractivity contribution in [2.24, 2.45) is 0 Å². The monoisotopic (exact) mass is 141 g/mol. The summed E-state index contributed by atoms with van der Waals surface area (Å²) >= 11 is 1.51. The first kappa shape index (κ1) is 6.66. The third-order valence-corrected chi connectivity index (χ3v) is 2.17. The van der Waals surface area contributed by atoms with Gasteiger partial charge in [0.15, 0.2) is 0 Å². The van der Waals surface area contributed by atoms with E-state index in [2.05, 4.69) is 6.07 Å². The average molecular weight is 141 g/mol. The predicted octanol–water partition coefficient (Wildman–Crippen LogP) is 1.15. The predicted molar refractivity (Wildman–Crippen MR) is 36.9 cm³/mol. The number of rotatable bonds is 1. The fourth-order valence-corrected chi connectivity index (χ4v) is 1.52. The fourth-order valence-electron chi connectivity index (χ4n) is 0.692. The summed E-state index contributed by atoms with van der Waals surface area (Å²) in [5, 5.41) is 10.3. The topological polar surface area (TPSA) is 33.0 Å². The lowest BCUT2D eigenvalue weighted by atomic mass is 10.3. The maximum atomic E-state index is 8.48. The molecule has 1 aliphatic heterocycles. The number of hydrogen-bond acceptors (Lipinski definition) is 3. The molecule has 3 heteroatoms. The third-order valence-electron chi connectivity index (χ3n) is 1.19. The molecule has 2 atom stereocenters. The first-order chi connectivity index (χ1) is 4.38. The summed E-state index contributed by atoms with van der Waals surface area (Å²) in [7, 11) is 1.62. The van der Waals surface area contributed by atoms with Crippen LogP contribution in [-0.4, -0.2) is 18.5 Å². The summed E-state index contributed by atoms with van der Waals surface area (Å²) in [5.74, 6) is 0. The van der Waals surface area contributed by atoms with Crippen LogP contribution in [-0.2, 0) is 4.74 Å². The highest BCUT2D eigenvalue weighted by atomic mass is 32.2. The average Bonchev–Trinajstić information content (AvgIpc) is 2.33. The van der Waals surface area contributed by atoms with E-state index in [1.165, 1.54) is 11.8 Å². The zero-order chi connectivity index (χ0) is 6.69. The van der Waals surface area contributed by atoms with Gasteiger partial charge in [0.1, 0.15) is 11.4 Å². The number of nitrogens with zero attached hydrogens (tertiary/aromatic N) is 1. The summed E-state index contributed by atoms with van der Waals surface area (Å²) in [6.07, 6.45) is 1.90. The van der Waals surface area contributed by atoms with E-state index in [1.54, 1.807) is 7.11 Å². The molecular weight excluding hydrogens is 134 g/mol. The van der Waals surface area contributed by atoms with Gasteiger partial charge in [-0.1, -0.05) is 0 Å². The van der Waals surface area contributed by atoms with Crippen molar-refractivity contribution < 1.29 is 4.74 Å². The maximum Gasteiger partial charge on any atom is 0.125 e. The Morgan fingerprint density at radius 3 is 3.00 bits per heavy atom. The van der Waals surface area contributed by atoms with Crippen LogP contribution in [0.5, 0.6) is 0 Å². The molecule has 0 bridgehead atoms. The van der Waals surface area contributed by atoms with Gasteiger partial charge in [0.2, 0.25) is 0 Å². The van der Waals surface area contributed by atoms with Gasteiger partial charge < -0.3 is 4.74 Å². The standard InChI is InChI=1S/C6H7NOS/c1-8-5-2-3-9-6(5)4-7/h2-3,5-6H,1H3. The number of nitriles is 1. The lowest BCUT2D eigenvalue weighted by molar-refractivity contribution is 0.150. The van der Waals surface area contributed by atoms with Gasteiger partial charge in [-0.2, -0.15) is 5.26 Å². The summed E-state index contributed by atoms with van der Waals surface area (Å²) in [4.78, 5) is 0. The molecule has 0 aromatic carbocycles. The summed E-state index contributed by atoms with van der Waals surface area (Å²) < 4.78 is 4.98. The smallest absolute Gasteiger partial charge is 0.125 e. The molecule has 1 rings (SSSR count). The van der Waals surface area contributed by atoms with Crippen LogP contribution in [0.3, 0.4) is 0 Å². The minimum absolute atomic E-state index is 0.000000000000000222. The Balaban J connectivity index is 2.52. The van der Waals surface area contributed by atoms with Gasteiger partial charge in [0, 0.05) is 7.11 Å². The van der Waals surface area contributed by atoms with E-state index in [0.29, 0.717) is 0 Å². The quantitative estimate of drug-likeness (QED) is 0.549. The van der Waals surface area contributed by atoms with Crippen molar-refractivity contribution in [2.45, 2.75) is 11.4 Å². The number of ether oxygens (including phenoxy) is 1. The van der Waals surface area contributed by atoms with Crippen LogP contribution in [0.15, 0.2) is 11.5 Å². The normalized spacial score (nSPS) is 32.4. The van der Waals surface area contributed by atoms with E-state index in [-0.39, 0.29) is 11.4 Å². The zero-order valence-electron chi connectivity index (χ0n) is 5.07. The van der Waals surface area contributed by atoms with Gasteiger partial charge in [-0.3, -0.25) is 0 Å². The van der Waals surface area contributed by atoms with Crippen molar-refractivity contribution in [3.8, 4) is 6.07 Å². The summed E-state index contributed by atoms with van der Waals surface area (Å²) in [6.45, 7) is 0. The molecule has 0 fully saturated rings. The molecule has 0 aromatic heterocycles. The molecule has 2 nitrogen and oxygen atoms in total. The van der Waals surface area contributed by atoms with Gasteiger partial charge in [-0.25, -0.2) is 0 Å². The molecular formula is C6H7NOS. The van der Waals surface area contributed by atoms with E-state index < -0.39 is 0 Å². The molecule has 0 spiro atoms. The van der Waals surface area contributed by atoms with E-state index in [0.717, 1.165) is 0 Å². The van der Waals surface area contributed by atoms with Crippen LogP contribution in [0.2, 0.25) is 0 Å². The second-order valence-corrected chi connectivity index (χ2v) is 2.77. The van der Waals surface area contributed by atoms with Crippen molar-refractivity contribution in [1.29, 1.82) is 5.26 Å². The number of thioether (sulfide) groups is 1.